The van der Waals surface area contributed by atoms with Crippen LogP contribution in [0.2, 0.25) is 0 Å². The zero-order chi connectivity index (χ0) is 15.8. The Bertz CT molecular complexity index is 989. The van der Waals surface area contributed by atoms with Crippen LogP contribution in [0.4, 0.5) is 0 Å². The van der Waals surface area contributed by atoms with Gasteiger partial charge >= 0.3 is 0 Å². The molecule has 0 unspecified atom stereocenters. The van der Waals surface area contributed by atoms with E-state index < -0.39 is 0 Å². The highest BCUT2D eigenvalue weighted by molar-refractivity contribution is 7.99. The molecule has 0 aliphatic rings. The first-order valence-corrected chi connectivity index (χ1v) is 9.15. The van der Waals surface area contributed by atoms with Gasteiger partial charge in [-0.15, -0.1) is 32.9 Å². The molecule has 0 saturated carbocycles. The van der Waals surface area contributed by atoms with Crippen molar-refractivity contribution in [2.75, 3.05) is 0 Å². The number of hydrogen-bond acceptors (Lipinski definition) is 8. The van der Waals surface area contributed by atoms with E-state index in [1.807, 2.05) is 36.0 Å². The molecule has 23 heavy (non-hydrogen) atoms. The first-order valence-electron chi connectivity index (χ1n) is 6.57. The molecule has 4 heterocycles. The molecule has 114 valence electrons. The first kappa shape index (κ1) is 14.5. The summed E-state index contributed by atoms with van der Waals surface area (Å²) in [5.74, 6) is -0.0744. The lowest BCUT2D eigenvalue weighted by atomic mass is 10.2. The van der Waals surface area contributed by atoms with Crippen LogP contribution in [0.3, 0.4) is 0 Å². The number of carbonyl (C=O) groups excluding carboxylic acids is 1. The number of carbonyl (C=O) groups is 1. The molecule has 0 radical (unpaired) electrons. The molecular formula is C14H9N5OS3. The Hall–Kier alpha value is -2.10. The molecule has 0 spiro atoms. The fourth-order valence-corrected chi connectivity index (χ4v) is 4.22. The number of ketones is 1. The molecule has 9 heteroatoms. The molecule has 4 aromatic rings. The third-order valence-corrected chi connectivity index (χ3v) is 5.79. The van der Waals surface area contributed by atoms with Gasteiger partial charge in [0, 0.05) is 7.05 Å². The van der Waals surface area contributed by atoms with Gasteiger partial charge in [-0.05, 0) is 34.7 Å². The van der Waals surface area contributed by atoms with Gasteiger partial charge in [-0.2, -0.15) is 0 Å². The molecule has 0 saturated heterocycles. The molecular weight excluding hydrogens is 350 g/mol. The van der Waals surface area contributed by atoms with Crippen LogP contribution in [-0.2, 0) is 7.05 Å². The predicted octanol–water partition coefficient (Wildman–Crippen LogP) is 3.26. The molecule has 6 nitrogen and oxygen atoms in total. The summed E-state index contributed by atoms with van der Waals surface area (Å²) < 4.78 is 2.60. The summed E-state index contributed by atoms with van der Waals surface area (Å²) >= 11 is 4.18. The van der Waals surface area contributed by atoms with E-state index in [-0.39, 0.29) is 5.78 Å². The van der Waals surface area contributed by atoms with Crippen molar-refractivity contribution in [3.8, 4) is 0 Å². The molecule has 0 N–H and O–H groups in total. The molecule has 0 aliphatic heterocycles. The minimum absolute atomic E-state index is 0.0744. The van der Waals surface area contributed by atoms with Crippen molar-refractivity contribution in [3.63, 3.8) is 0 Å². The third kappa shape index (κ3) is 2.67. The van der Waals surface area contributed by atoms with Crippen LogP contribution in [-0.4, -0.2) is 30.5 Å². The number of aryl methyl sites for hydroxylation is 1. The van der Waals surface area contributed by atoms with Gasteiger partial charge in [-0.25, -0.2) is 9.97 Å². The van der Waals surface area contributed by atoms with Crippen LogP contribution in [0.5, 0.6) is 0 Å². The smallest absolute Gasteiger partial charge is 0.222 e. The van der Waals surface area contributed by atoms with Crippen molar-refractivity contribution in [3.05, 3.63) is 45.9 Å². The molecule has 4 rings (SSSR count). The van der Waals surface area contributed by atoms with Crippen molar-refractivity contribution in [1.29, 1.82) is 0 Å². The topological polar surface area (TPSA) is 73.6 Å². The number of thiophene rings is 2. The van der Waals surface area contributed by atoms with Crippen LogP contribution in [0, 0.1) is 0 Å². The Labute approximate surface area is 143 Å². The molecule has 4 aromatic heterocycles. The summed E-state index contributed by atoms with van der Waals surface area (Å²) in [6, 6.07) is 5.57. The predicted molar refractivity (Wildman–Crippen MR) is 90.3 cm³/mol. The van der Waals surface area contributed by atoms with E-state index in [4.69, 9.17) is 0 Å². The molecule has 0 aliphatic carbocycles. The highest BCUT2D eigenvalue weighted by Gasteiger charge is 2.19. The Kier molecular flexibility index (Phi) is 3.68. The lowest BCUT2D eigenvalue weighted by Gasteiger charge is -2.04. The zero-order valence-corrected chi connectivity index (χ0v) is 14.3. The van der Waals surface area contributed by atoms with Crippen LogP contribution < -0.4 is 0 Å². The van der Waals surface area contributed by atoms with Crippen molar-refractivity contribution in [2.24, 2.45) is 7.05 Å². The fraction of sp³-hybridized carbons (Fsp3) is 0.0714. The van der Waals surface area contributed by atoms with E-state index >= 15 is 0 Å². The standard InChI is InChI=1S/C14H9N5OS3/c1-19-7-15-18-14(19)23-13-16-8-4-6-22-12(8)10(17-13)11(20)9-3-2-5-21-9/h2-7H,1H3. The summed E-state index contributed by atoms with van der Waals surface area (Å²) in [4.78, 5) is 22.4. The van der Waals surface area contributed by atoms with Crippen LogP contribution in [0.1, 0.15) is 15.4 Å². The molecule has 0 bridgehead atoms. The van der Waals surface area contributed by atoms with Gasteiger partial charge in [0.15, 0.2) is 10.3 Å². The second-order valence-electron chi connectivity index (χ2n) is 4.62. The zero-order valence-electron chi connectivity index (χ0n) is 11.8. The summed E-state index contributed by atoms with van der Waals surface area (Å²) in [5.41, 5.74) is 1.21. The van der Waals surface area contributed by atoms with E-state index in [0.29, 0.717) is 20.9 Å². The van der Waals surface area contributed by atoms with Crippen molar-refractivity contribution in [1.82, 2.24) is 24.7 Å². The van der Waals surface area contributed by atoms with Gasteiger partial charge in [-0.3, -0.25) is 4.79 Å². The van der Waals surface area contributed by atoms with Crippen molar-refractivity contribution < 1.29 is 4.79 Å². The van der Waals surface area contributed by atoms with Crippen molar-refractivity contribution in [2.45, 2.75) is 10.3 Å². The minimum atomic E-state index is -0.0744. The fourth-order valence-electron chi connectivity index (χ4n) is 2.01. The van der Waals surface area contributed by atoms with Crippen LogP contribution in [0.25, 0.3) is 10.2 Å². The molecule has 0 amide bonds. The Balaban J connectivity index is 1.81. The van der Waals surface area contributed by atoms with E-state index in [0.717, 1.165) is 10.2 Å². The summed E-state index contributed by atoms with van der Waals surface area (Å²) in [5, 5.41) is 12.8. The van der Waals surface area contributed by atoms with E-state index in [1.165, 1.54) is 34.4 Å². The van der Waals surface area contributed by atoms with E-state index in [2.05, 4.69) is 20.2 Å². The number of fused-ring (bicyclic) bond motifs is 1. The van der Waals surface area contributed by atoms with Gasteiger partial charge in [0.25, 0.3) is 0 Å². The van der Waals surface area contributed by atoms with Crippen LogP contribution >= 0.6 is 34.4 Å². The highest BCUT2D eigenvalue weighted by Crippen LogP contribution is 2.30. The number of nitrogens with zero attached hydrogens (tertiary/aromatic N) is 5. The van der Waals surface area contributed by atoms with E-state index in [1.54, 1.807) is 10.9 Å². The molecule has 0 atom stereocenters. The summed E-state index contributed by atoms with van der Waals surface area (Å²) in [6.07, 6.45) is 1.61. The number of hydrogen-bond donors (Lipinski definition) is 0. The Morgan fingerprint density at radius 1 is 1.22 bits per heavy atom. The lowest BCUT2D eigenvalue weighted by Crippen LogP contribution is -2.05. The second kappa shape index (κ2) is 5.84. The maximum atomic E-state index is 12.7. The third-order valence-electron chi connectivity index (χ3n) is 3.10. The Morgan fingerprint density at radius 2 is 2.13 bits per heavy atom. The highest BCUT2D eigenvalue weighted by atomic mass is 32.2. The molecule has 0 aromatic carbocycles. The maximum absolute atomic E-state index is 12.7. The van der Waals surface area contributed by atoms with Gasteiger partial charge in [0.05, 0.1) is 15.1 Å². The lowest BCUT2D eigenvalue weighted by molar-refractivity contribution is 0.103. The summed E-state index contributed by atoms with van der Waals surface area (Å²) in [7, 11) is 1.85. The van der Waals surface area contributed by atoms with Crippen molar-refractivity contribution >= 4 is 50.4 Å². The van der Waals surface area contributed by atoms with Gasteiger partial charge in [0.1, 0.15) is 12.0 Å². The summed E-state index contributed by atoms with van der Waals surface area (Å²) in [6.45, 7) is 0. The average Bonchev–Trinajstić information content (AvgIpc) is 3.28. The maximum Gasteiger partial charge on any atom is 0.222 e. The van der Waals surface area contributed by atoms with Gasteiger partial charge < -0.3 is 4.57 Å². The Morgan fingerprint density at radius 3 is 2.87 bits per heavy atom. The molecule has 0 fully saturated rings. The van der Waals surface area contributed by atoms with E-state index in [9.17, 15) is 4.79 Å². The second-order valence-corrected chi connectivity index (χ2v) is 7.42. The average molecular weight is 359 g/mol. The number of rotatable bonds is 4. The normalized spacial score (nSPS) is 11.2. The monoisotopic (exact) mass is 359 g/mol. The van der Waals surface area contributed by atoms with Gasteiger partial charge in [0.2, 0.25) is 5.78 Å². The first-order chi connectivity index (χ1) is 11.2. The number of aromatic nitrogens is 5. The van der Waals surface area contributed by atoms with Gasteiger partial charge in [-0.1, -0.05) is 6.07 Å². The largest absolute Gasteiger partial charge is 0.311 e. The minimum Gasteiger partial charge on any atom is -0.311 e. The quantitative estimate of drug-likeness (QED) is 0.411. The van der Waals surface area contributed by atoms with Crippen LogP contribution in [0.15, 0.2) is 45.6 Å². The SMILES string of the molecule is Cn1cnnc1Sc1nc(C(=O)c2cccs2)c2sccc2n1.